The molecule has 5 heteroatoms. The zero-order valence-corrected chi connectivity index (χ0v) is 14.8. The van der Waals surface area contributed by atoms with Gasteiger partial charge in [0.15, 0.2) is 0 Å². The highest BCUT2D eigenvalue weighted by Crippen LogP contribution is 2.46. The Morgan fingerprint density at radius 1 is 1.30 bits per heavy atom. The van der Waals surface area contributed by atoms with Crippen molar-refractivity contribution in [1.82, 2.24) is 5.32 Å². The maximum atomic E-state index is 9.93. The minimum atomic E-state index is -0.491. The van der Waals surface area contributed by atoms with E-state index < -0.39 is 6.10 Å². The van der Waals surface area contributed by atoms with Crippen LogP contribution in [0.25, 0.3) is 0 Å². The molecule has 4 nitrogen and oxygen atoms in total. The molecule has 23 heavy (non-hydrogen) atoms. The quantitative estimate of drug-likeness (QED) is 0.833. The van der Waals surface area contributed by atoms with Crippen LogP contribution in [0.1, 0.15) is 51.0 Å². The Morgan fingerprint density at radius 2 is 2.09 bits per heavy atom. The molecule has 0 bridgehead atoms. The average molecular weight is 342 g/mol. The van der Waals surface area contributed by atoms with E-state index in [0.29, 0.717) is 31.2 Å². The van der Waals surface area contributed by atoms with Gasteiger partial charge in [-0.15, -0.1) is 12.4 Å². The molecule has 2 aliphatic rings. The second-order valence-corrected chi connectivity index (χ2v) is 6.77. The van der Waals surface area contributed by atoms with Crippen LogP contribution in [0.4, 0.5) is 0 Å². The highest BCUT2D eigenvalue weighted by atomic mass is 35.5. The third-order valence-corrected chi connectivity index (χ3v) is 4.57. The van der Waals surface area contributed by atoms with Gasteiger partial charge in [-0.3, -0.25) is 0 Å². The molecule has 0 saturated heterocycles. The lowest BCUT2D eigenvalue weighted by Crippen LogP contribution is -2.35. The minimum Gasteiger partial charge on any atom is -0.491 e. The molecule has 1 fully saturated rings. The van der Waals surface area contributed by atoms with Crippen LogP contribution in [0.3, 0.4) is 0 Å². The third-order valence-electron chi connectivity index (χ3n) is 4.57. The third kappa shape index (κ3) is 4.52. The second-order valence-electron chi connectivity index (χ2n) is 6.77. The van der Waals surface area contributed by atoms with E-state index in [2.05, 4.69) is 25.2 Å². The number of rotatable bonds is 6. The maximum Gasteiger partial charge on any atom is 0.123 e. The summed E-state index contributed by atoms with van der Waals surface area (Å²) in [6.07, 6.45) is 4.80. The van der Waals surface area contributed by atoms with Gasteiger partial charge in [-0.1, -0.05) is 20.3 Å². The summed E-state index contributed by atoms with van der Waals surface area (Å²) in [5, 5.41) is 13.1. The lowest BCUT2D eigenvalue weighted by atomic mass is 9.83. The van der Waals surface area contributed by atoms with Crippen LogP contribution in [0.15, 0.2) is 18.2 Å². The van der Waals surface area contributed by atoms with Gasteiger partial charge in [0.05, 0.1) is 0 Å². The molecule has 1 aliphatic heterocycles. The van der Waals surface area contributed by atoms with Gasteiger partial charge in [-0.2, -0.15) is 0 Å². The molecule has 130 valence electrons. The van der Waals surface area contributed by atoms with Crippen molar-refractivity contribution in [2.45, 2.75) is 63.7 Å². The van der Waals surface area contributed by atoms with Crippen molar-refractivity contribution in [3.63, 3.8) is 0 Å². The molecule has 1 aromatic rings. The van der Waals surface area contributed by atoms with Crippen LogP contribution in [-0.4, -0.2) is 36.5 Å². The summed E-state index contributed by atoms with van der Waals surface area (Å²) in [5.74, 6) is 2.38. The van der Waals surface area contributed by atoms with Crippen molar-refractivity contribution in [3.8, 4) is 11.5 Å². The Labute approximate surface area is 145 Å². The normalized spacial score (nSPS) is 23.5. The van der Waals surface area contributed by atoms with Crippen molar-refractivity contribution in [2.24, 2.45) is 0 Å². The fourth-order valence-corrected chi connectivity index (χ4v) is 3.39. The van der Waals surface area contributed by atoms with Gasteiger partial charge < -0.3 is 19.9 Å². The topological polar surface area (TPSA) is 50.7 Å². The first-order valence-electron chi connectivity index (χ1n) is 8.48. The number of aliphatic hydroxyl groups is 1. The highest BCUT2D eigenvalue weighted by molar-refractivity contribution is 5.85. The van der Waals surface area contributed by atoms with Gasteiger partial charge in [-0.05, 0) is 37.5 Å². The molecule has 1 heterocycles. The van der Waals surface area contributed by atoms with Crippen molar-refractivity contribution >= 4 is 12.4 Å². The Hall–Kier alpha value is -0.970. The van der Waals surface area contributed by atoms with Gasteiger partial charge in [0, 0.05) is 24.1 Å². The average Bonchev–Trinajstić information content (AvgIpc) is 2.89. The zero-order valence-electron chi connectivity index (χ0n) is 14.0. The number of benzene rings is 1. The number of hydrogen-bond donors (Lipinski definition) is 2. The lowest BCUT2D eigenvalue weighted by molar-refractivity contribution is 0.104. The van der Waals surface area contributed by atoms with Gasteiger partial charge in [-0.25, -0.2) is 0 Å². The number of ether oxygens (including phenoxy) is 2. The fourth-order valence-electron chi connectivity index (χ4n) is 3.39. The van der Waals surface area contributed by atoms with E-state index in [1.54, 1.807) is 0 Å². The Balaban J connectivity index is 0.00000192. The summed E-state index contributed by atoms with van der Waals surface area (Å²) in [4.78, 5) is 0. The molecular weight excluding hydrogens is 314 g/mol. The molecule has 0 aromatic heterocycles. The Kier molecular flexibility index (Phi) is 6.57. The smallest absolute Gasteiger partial charge is 0.123 e. The molecule has 3 unspecified atom stereocenters. The van der Waals surface area contributed by atoms with E-state index >= 15 is 0 Å². The molecule has 1 saturated carbocycles. The van der Waals surface area contributed by atoms with E-state index in [9.17, 15) is 5.11 Å². The summed E-state index contributed by atoms with van der Waals surface area (Å²) < 4.78 is 11.8. The van der Waals surface area contributed by atoms with Crippen LogP contribution in [0.5, 0.6) is 11.5 Å². The van der Waals surface area contributed by atoms with E-state index in [1.807, 2.05) is 12.1 Å². The summed E-state index contributed by atoms with van der Waals surface area (Å²) in [6.45, 7) is 4.99. The van der Waals surface area contributed by atoms with Crippen LogP contribution in [0, 0.1) is 0 Å². The first kappa shape index (κ1) is 18.4. The van der Waals surface area contributed by atoms with Crippen molar-refractivity contribution in [1.29, 1.82) is 0 Å². The minimum absolute atomic E-state index is 0. The molecule has 0 amide bonds. The summed E-state index contributed by atoms with van der Waals surface area (Å²) >= 11 is 0. The monoisotopic (exact) mass is 341 g/mol. The van der Waals surface area contributed by atoms with E-state index in [0.717, 1.165) is 17.9 Å². The number of fused-ring (bicyclic) bond motifs is 3. The van der Waals surface area contributed by atoms with Crippen LogP contribution >= 0.6 is 12.4 Å². The van der Waals surface area contributed by atoms with E-state index in [4.69, 9.17) is 9.47 Å². The molecule has 1 aliphatic carbocycles. The molecule has 0 radical (unpaired) electrons. The second kappa shape index (κ2) is 8.22. The molecule has 0 spiro atoms. The predicted octanol–water partition coefficient (Wildman–Crippen LogP) is 3.26. The number of aliphatic hydroxyl groups excluding tert-OH is 1. The van der Waals surface area contributed by atoms with Gasteiger partial charge >= 0.3 is 0 Å². The van der Waals surface area contributed by atoms with Gasteiger partial charge in [0.2, 0.25) is 0 Å². The first-order valence-corrected chi connectivity index (χ1v) is 8.48. The van der Waals surface area contributed by atoms with E-state index in [1.165, 1.54) is 24.8 Å². The fraction of sp³-hybridized carbons (Fsp3) is 0.667. The van der Waals surface area contributed by atoms with Crippen LogP contribution in [-0.2, 0) is 0 Å². The molecule has 2 N–H and O–H groups in total. The van der Waals surface area contributed by atoms with E-state index in [-0.39, 0.29) is 12.4 Å². The Morgan fingerprint density at radius 3 is 2.87 bits per heavy atom. The Bertz CT molecular complexity index is 509. The first-order chi connectivity index (χ1) is 10.6. The lowest BCUT2D eigenvalue weighted by Gasteiger charge is -2.23. The molecule has 3 rings (SSSR count). The summed E-state index contributed by atoms with van der Waals surface area (Å²) in [7, 11) is 0. The SMILES string of the molecule is CC(C)NCC(O)COc1ccc2c(c1)C1CCCCC1O2.Cl. The molecule has 1 aromatic carbocycles. The van der Waals surface area contributed by atoms with Crippen molar-refractivity contribution < 1.29 is 14.6 Å². The van der Waals surface area contributed by atoms with Gasteiger partial charge in [0.25, 0.3) is 0 Å². The summed E-state index contributed by atoms with van der Waals surface area (Å²) in [6, 6.07) is 6.43. The largest absolute Gasteiger partial charge is 0.491 e. The maximum absolute atomic E-state index is 9.93. The van der Waals surface area contributed by atoms with Gasteiger partial charge in [0.1, 0.15) is 30.3 Å². The summed E-state index contributed by atoms with van der Waals surface area (Å²) in [5.41, 5.74) is 1.29. The van der Waals surface area contributed by atoms with Crippen molar-refractivity contribution in [3.05, 3.63) is 23.8 Å². The highest BCUT2D eigenvalue weighted by Gasteiger charge is 2.36. The van der Waals surface area contributed by atoms with Crippen LogP contribution in [0.2, 0.25) is 0 Å². The van der Waals surface area contributed by atoms with Crippen molar-refractivity contribution in [2.75, 3.05) is 13.2 Å². The molecule has 3 atom stereocenters. The predicted molar refractivity (Wildman–Crippen MR) is 94.0 cm³/mol. The number of hydrogen-bond acceptors (Lipinski definition) is 4. The van der Waals surface area contributed by atoms with Crippen LogP contribution < -0.4 is 14.8 Å². The standard InChI is InChI=1S/C18H27NO3.ClH/c1-12(2)19-10-13(20)11-21-14-7-8-18-16(9-14)15-5-3-4-6-17(15)22-18;/h7-9,12-13,15,17,19-20H,3-6,10-11H2,1-2H3;1H. The number of nitrogens with one attached hydrogen (secondary N) is 1. The molecular formula is C18H28ClNO3. The number of halogens is 1. The zero-order chi connectivity index (χ0) is 15.5.